The van der Waals surface area contributed by atoms with Crippen LogP contribution < -0.4 is 5.73 Å². The molecule has 1 heterocycles. The van der Waals surface area contributed by atoms with E-state index >= 15 is 0 Å². The van der Waals surface area contributed by atoms with Gasteiger partial charge < -0.3 is 15.3 Å². The van der Waals surface area contributed by atoms with Crippen LogP contribution in [0.5, 0.6) is 5.75 Å². The van der Waals surface area contributed by atoms with E-state index in [2.05, 4.69) is 10.2 Å². The quantitative estimate of drug-likeness (QED) is 0.679. The molecule has 0 amide bonds. The van der Waals surface area contributed by atoms with E-state index in [4.69, 9.17) is 15.3 Å². The number of aromatic hydroxyl groups is 1. The lowest BCUT2D eigenvalue weighted by Gasteiger charge is -1.93. The van der Waals surface area contributed by atoms with Crippen molar-refractivity contribution in [3.05, 3.63) is 24.3 Å². The maximum atomic E-state index is 9.02. The monoisotopic (exact) mass is 177 g/mol. The topological polar surface area (TPSA) is 85.2 Å². The van der Waals surface area contributed by atoms with Crippen LogP contribution in [0.2, 0.25) is 0 Å². The van der Waals surface area contributed by atoms with Gasteiger partial charge in [0.15, 0.2) is 0 Å². The number of nitrogen functional groups attached to an aromatic ring is 1. The largest absolute Gasteiger partial charge is 0.508 e. The molecular weight excluding hydrogens is 170 g/mol. The molecule has 1 aromatic heterocycles. The van der Waals surface area contributed by atoms with Crippen molar-refractivity contribution in [3.63, 3.8) is 0 Å². The Bertz CT molecular complexity index is 408. The maximum absolute atomic E-state index is 9.02. The highest BCUT2D eigenvalue weighted by Gasteiger charge is 2.04. The van der Waals surface area contributed by atoms with Crippen LogP contribution in [0.25, 0.3) is 11.5 Å². The van der Waals surface area contributed by atoms with E-state index in [0.717, 1.165) is 5.56 Å². The van der Waals surface area contributed by atoms with Crippen molar-refractivity contribution in [2.45, 2.75) is 0 Å². The van der Waals surface area contributed by atoms with Crippen molar-refractivity contribution >= 4 is 6.01 Å². The fourth-order valence-electron chi connectivity index (χ4n) is 0.955. The van der Waals surface area contributed by atoms with Crippen LogP contribution in [0.3, 0.4) is 0 Å². The van der Waals surface area contributed by atoms with Crippen LogP contribution in [-0.2, 0) is 0 Å². The highest BCUT2D eigenvalue weighted by molar-refractivity contribution is 5.54. The SMILES string of the molecule is Nc1nnc(-c2ccc(O)cc2)o1. The van der Waals surface area contributed by atoms with E-state index in [1.165, 1.54) is 12.1 Å². The van der Waals surface area contributed by atoms with Crippen LogP contribution in [0.4, 0.5) is 6.01 Å². The Kier molecular flexibility index (Phi) is 1.63. The molecule has 0 spiro atoms. The summed E-state index contributed by atoms with van der Waals surface area (Å²) in [4.78, 5) is 0. The summed E-state index contributed by atoms with van der Waals surface area (Å²) < 4.78 is 4.98. The molecule has 1 aromatic carbocycles. The van der Waals surface area contributed by atoms with E-state index in [9.17, 15) is 0 Å². The lowest BCUT2D eigenvalue weighted by molar-refractivity contribution is 0.475. The second kappa shape index (κ2) is 2.78. The Hall–Kier alpha value is -2.04. The third-order valence-corrected chi connectivity index (χ3v) is 1.55. The summed E-state index contributed by atoms with van der Waals surface area (Å²) in [6.45, 7) is 0. The van der Waals surface area contributed by atoms with Gasteiger partial charge >= 0.3 is 6.01 Å². The molecule has 2 aromatic rings. The molecule has 0 unspecified atom stereocenters. The van der Waals surface area contributed by atoms with Crippen LogP contribution in [0.1, 0.15) is 0 Å². The minimum Gasteiger partial charge on any atom is -0.508 e. The van der Waals surface area contributed by atoms with E-state index in [-0.39, 0.29) is 11.8 Å². The second-order valence-electron chi connectivity index (χ2n) is 2.49. The highest BCUT2D eigenvalue weighted by atomic mass is 16.4. The molecule has 0 radical (unpaired) electrons. The van der Waals surface area contributed by atoms with Gasteiger partial charge in [0.25, 0.3) is 0 Å². The Morgan fingerprint density at radius 1 is 1.15 bits per heavy atom. The number of aromatic nitrogens is 2. The molecule has 5 heteroatoms. The molecule has 13 heavy (non-hydrogen) atoms. The maximum Gasteiger partial charge on any atom is 0.313 e. The molecule has 5 nitrogen and oxygen atoms in total. The van der Waals surface area contributed by atoms with Crippen molar-refractivity contribution in [3.8, 4) is 17.2 Å². The molecule has 0 saturated carbocycles. The van der Waals surface area contributed by atoms with Crippen molar-refractivity contribution in [2.24, 2.45) is 0 Å². The highest BCUT2D eigenvalue weighted by Crippen LogP contribution is 2.20. The van der Waals surface area contributed by atoms with Crippen LogP contribution >= 0.6 is 0 Å². The van der Waals surface area contributed by atoms with Crippen molar-refractivity contribution < 1.29 is 9.52 Å². The number of hydrogen-bond acceptors (Lipinski definition) is 5. The molecule has 3 N–H and O–H groups in total. The molecule has 0 saturated heterocycles. The van der Waals surface area contributed by atoms with Crippen LogP contribution in [0, 0.1) is 0 Å². The number of rotatable bonds is 1. The fourth-order valence-corrected chi connectivity index (χ4v) is 0.955. The van der Waals surface area contributed by atoms with E-state index in [1.54, 1.807) is 12.1 Å². The molecule has 66 valence electrons. The number of phenols is 1. The van der Waals surface area contributed by atoms with Gasteiger partial charge in [-0.25, -0.2) is 0 Å². The first-order chi connectivity index (χ1) is 6.25. The first-order valence-corrected chi connectivity index (χ1v) is 3.64. The Labute approximate surface area is 73.8 Å². The van der Waals surface area contributed by atoms with E-state index in [1.807, 2.05) is 0 Å². The zero-order chi connectivity index (χ0) is 9.26. The van der Waals surface area contributed by atoms with Gasteiger partial charge in [0.05, 0.1) is 0 Å². The van der Waals surface area contributed by atoms with Gasteiger partial charge in [-0.3, -0.25) is 0 Å². The van der Waals surface area contributed by atoms with Crippen LogP contribution in [-0.4, -0.2) is 15.3 Å². The third kappa shape index (κ3) is 1.44. The molecule has 0 bridgehead atoms. The summed E-state index contributed by atoms with van der Waals surface area (Å²) in [5.74, 6) is 0.536. The smallest absolute Gasteiger partial charge is 0.313 e. The van der Waals surface area contributed by atoms with Gasteiger partial charge in [0.2, 0.25) is 5.89 Å². The van der Waals surface area contributed by atoms with E-state index in [0.29, 0.717) is 5.89 Å². The number of phenolic OH excluding ortho intramolecular Hbond substituents is 1. The first kappa shape index (κ1) is 7.60. The zero-order valence-corrected chi connectivity index (χ0v) is 6.64. The molecular formula is C8H7N3O2. The van der Waals surface area contributed by atoms with Crippen molar-refractivity contribution in [1.29, 1.82) is 0 Å². The molecule has 0 aliphatic carbocycles. The van der Waals surface area contributed by atoms with Crippen molar-refractivity contribution in [1.82, 2.24) is 10.2 Å². The third-order valence-electron chi connectivity index (χ3n) is 1.55. The predicted octanol–water partition coefficient (Wildman–Crippen LogP) is 1.02. The normalized spacial score (nSPS) is 10.2. The summed E-state index contributed by atoms with van der Waals surface area (Å²) in [6, 6.07) is 6.44. The number of hydrogen-bond donors (Lipinski definition) is 2. The van der Waals surface area contributed by atoms with Gasteiger partial charge in [-0.15, -0.1) is 5.10 Å². The molecule has 0 atom stereocenters. The average molecular weight is 177 g/mol. The summed E-state index contributed by atoms with van der Waals surface area (Å²) in [7, 11) is 0. The summed E-state index contributed by atoms with van der Waals surface area (Å²) in [5, 5.41) is 16.2. The standard InChI is InChI=1S/C8H7N3O2/c9-8-11-10-7(13-8)5-1-3-6(12)4-2-5/h1-4,12H,(H2,9,11). The van der Waals surface area contributed by atoms with Crippen LogP contribution in [0.15, 0.2) is 28.7 Å². The zero-order valence-electron chi connectivity index (χ0n) is 6.64. The summed E-state index contributed by atoms with van der Waals surface area (Å²) in [5.41, 5.74) is 5.98. The predicted molar refractivity (Wildman–Crippen MR) is 45.8 cm³/mol. The Balaban J connectivity index is 2.41. The van der Waals surface area contributed by atoms with Gasteiger partial charge in [-0.05, 0) is 24.3 Å². The van der Waals surface area contributed by atoms with E-state index < -0.39 is 0 Å². The Morgan fingerprint density at radius 2 is 1.85 bits per heavy atom. The van der Waals surface area contributed by atoms with Gasteiger partial charge in [-0.1, -0.05) is 5.10 Å². The molecule has 0 fully saturated rings. The van der Waals surface area contributed by atoms with Gasteiger partial charge in [0.1, 0.15) is 5.75 Å². The Morgan fingerprint density at radius 3 is 2.38 bits per heavy atom. The summed E-state index contributed by atoms with van der Waals surface area (Å²) >= 11 is 0. The van der Waals surface area contributed by atoms with Gasteiger partial charge in [0, 0.05) is 5.56 Å². The average Bonchev–Trinajstić information content (AvgIpc) is 2.53. The number of benzene rings is 1. The number of anilines is 1. The van der Waals surface area contributed by atoms with Gasteiger partial charge in [-0.2, -0.15) is 0 Å². The minimum atomic E-state index is 0.0306. The fraction of sp³-hybridized carbons (Fsp3) is 0. The second-order valence-corrected chi connectivity index (χ2v) is 2.49. The number of nitrogens with two attached hydrogens (primary N) is 1. The molecule has 0 aliphatic rings. The lowest BCUT2D eigenvalue weighted by Crippen LogP contribution is -1.81. The summed E-state index contributed by atoms with van der Waals surface area (Å²) in [6.07, 6.45) is 0. The lowest BCUT2D eigenvalue weighted by atomic mass is 10.2. The molecule has 2 rings (SSSR count). The molecule has 0 aliphatic heterocycles. The minimum absolute atomic E-state index is 0.0306. The first-order valence-electron chi connectivity index (χ1n) is 3.64. The number of nitrogens with zero attached hydrogens (tertiary/aromatic N) is 2. The van der Waals surface area contributed by atoms with Crippen molar-refractivity contribution in [2.75, 3.05) is 5.73 Å².